The first-order chi connectivity index (χ1) is 10.0. The molecular weight excluding hydrogens is 332 g/mol. The number of nitrogens with zero attached hydrogens (tertiary/aromatic N) is 4. The number of carbonyl (C=O) groups is 1. The molecule has 2 heterocycles. The quantitative estimate of drug-likeness (QED) is 0.776. The lowest BCUT2D eigenvalue weighted by Crippen LogP contribution is -2.37. The normalized spacial score (nSPS) is 16.8. The topological polar surface area (TPSA) is 41.4 Å². The first-order valence-corrected chi connectivity index (χ1v) is 8.12. The predicted molar refractivity (Wildman–Crippen MR) is 87.2 cm³/mol. The summed E-state index contributed by atoms with van der Waals surface area (Å²) in [7, 11) is 0. The third kappa shape index (κ3) is 3.95. The Kier molecular flexibility index (Phi) is 5.58. The van der Waals surface area contributed by atoms with Crippen molar-refractivity contribution in [1.29, 1.82) is 0 Å². The van der Waals surface area contributed by atoms with Crippen LogP contribution >= 0.6 is 15.9 Å². The third-order valence-electron chi connectivity index (χ3n) is 3.91. The van der Waals surface area contributed by atoms with E-state index >= 15 is 0 Å². The Morgan fingerprint density at radius 2 is 2.10 bits per heavy atom. The number of halogens is 1. The van der Waals surface area contributed by atoms with Gasteiger partial charge in [-0.2, -0.15) is 5.10 Å². The Labute approximate surface area is 134 Å². The third-order valence-corrected chi connectivity index (χ3v) is 5.05. The monoisotopic (exact) mass is 354 g/mol. The fraction of sp³-hybridized carbons (Fsp3) is 0.600. The molecule has 5 nitrogen and oxygen atoms in total. The number of aryl methyl sites for hydroxylation is 1. The maximum absolute atomic E-state index is 12.5. The lowest BCUT2D eigenvalue weighted by molar-refractivity contribution is -0.131. The van der Waals surface area contributed by atoms with E-state index in [-0.39, 0.29) is 5.91 Å². The summed E-state index contributed by atoms with van der Waals surface area (Å²) in [5.41, 5.74) is 1.93. The van der Waals surface area contributed by atoms with Gasteiger partial charge in [0.05, 0.1) is 15.9 Å². The van der Waals surface area contributed by atoms with Gasteiger partial charge in [-0.15, -0.1) is 6.58 Å². The molecule has 1 amide bonds. The molecule has 0 atom stereocenters. The molecular formula is C15H23BrN4O. The van der Waals surface area contributed by atoms with Gasteiger partial charge in [0.15, 0.2) is 0 Å². The van der Waals surface area contributed by atoms with Gasteiger partial charge in [0, 0.05) is 32.7 Å². The van der Waals surface area contributed by atoms with Crippen LogP contribution in [0.2, 0.25) is 0 Å². The highest BCUT2D eigenvalue weighted by Crippen LogP contribution is 2.19. The van der Waals surface area contributed by atoms with Crippen LogP contribution in [0.3, 0.4) is 0 Å². The molecule has 116 valence electrons. The van der Waals surface area contributed by atoms with Crippen molar-refractivity contribution < 1.29 is 4.79 Å². The fourth-order valence-corrected chi connectivity index (χ4v) is 2.93. The van der Waals surface area contributed by atoms with Crippen LogP contribution in [-0.4, -0.2) is 58.2 Å². The summed E-state index contributed by atoms with van der Waals surface area (Å²) in [6, 6.07) is 0. The minimum absolute atomic E-state index is 0.147. The Hall–Kier alpha value is -1.14. The zero-order valence-corrected chi connectivity index (χ0v) is 14.4. The van der Waals surface area contributed by atoms with Crippen molar-refractivity contribution in [3.05, 3.63) is 28.5 Å². The van der Waals surface area contributed by atoms with E-state index in [2.05, 4.69) is 32.5 Å². The zero-order valence-electron chi connectivity index (χ0n) is 12.8. The van der Waals surface area contributed by atoms with Gasteiger partial charge in [-0.3, -0.25) is 14.4 Å². The molecule has 0 unspecified atom stereocenters. The second kappa shape index (κ2) is 7.22. The lowest BCUT2D eigenvalue weighted by atomic mass is 10.3. The van der Waals surface area contributed by atoms with Crippen LogP contribution in [0.1, 0.15) is 17.8 Å². The number of amides is 1. The Morgan fingerprint density at radius 1 is 1.33 bits per heavy atom. The molecule has 1 aliphatic heterocycles. The number of aromatic nitrogens is 2. The number of carbonyl (C=O) groups excluding carboxylic acids is 1. The highest BCUT2D eigenvalue weighted by Gasteiger charge is 2.20. The van der Waals surface area contributed by atoms with E-state index in [1.807, 2.05) is 24.8 Å². The van der Waals surface area contributed by atoms with Crippen LogP contribution in [0, 0.1) is 13.8 Å². The van der Waals surface area contributed by atoms with Gasteiger partial charge in [-0.25, -0.2) is 0 Å². The van der Waals surface area contributed by atoms with Crippen LogP contribution in [0.25, 0.3) is 0 Å². The molecule has 0 aromatic carbocycles. The van der Waals surface area contributed by atoms with Crippen molar-refractivity contribution in [3.63, 3.8) is 0 Å². The highest BCUT2D eigenvalue weighted by atomic mass is 79.9. The van der Waals surface area contributed by atoms with Crippen LogP contribution in [0.15, 0.2) is 17.1 Å². The van der Waals surface area contributed by atoms with Crippen LogP contribution in [0.4, 0.5) is 0 Å². The van der Waals surface area contributed by atoms with E-state index in [0.29, 0.717) is 6.54 Å². The molecule has 0 bridgehead atoms. The maximum Gasteiger partial charge on any atom is 0.244 e. The lowest BCUT2D eigenvalue weighted by Gasteiger charge is -2.21. The smallest absolute Gasteiger partial charge is 0.244 e. The summed E-state index contributed by atoms with van der Waals surface area (Å²) in [5.74, 6) is 0.147. The second-order valence-corrected chi connectivity index (χ2v) is 6.26. The molecule has 1 saturated heterocycles. The number of hydrogen-bond acceptors (Lipinski definition) is 3. The molecule has 1 fully saturated rings. The molecule has 0 saturated carbocycles. The molecule has 0 aliphatic carbocycles. The van der Waals surface area contributed by atoms with E-state index in [1.54, 1.807) is 4.68 Å². The van der Waals surface area contributed by atoms with E-state index < -0.39 is 0 Å². The van der Waals surface area contributed by atoms with Crippen LogP contribution in [0.5, 0.6) is 0 Å². The summed E-state index contributed by atoms with van der Waals surface area (Å²) in [5, 5.41) is 4.41. The molecule has 0 N–H and O–H groups in total. The molecule has 1 aromatic rings. The predicted octanol–water partition coefficient (Wildman–Crippen LogP) is 1.98. The molecule has 0 spiro atoms. The largest absolute Gasteiger partial charge is 0.340 e. The Balaban J connectivity index is 1.97. The van der Waals surface area contributed by atoms with Crippen molar-refractivity contribution in [2.24, 2.45) is 0 Å². The standard InChI is InChI=1S/C15H23BrN4O/c1-4-6-18-7-5-8-19(10-9-18)14(21)11-20-13(3)15(16)12(2)17-20/h4H,1,5-11H2,2-3H3. The Morgan fingerprint density at radius 3 is 2.71 bits per heavy atom. The van der Waals surface area contributed by atoms with Crippen molar-refractivity contribution in [2.45, 2.75) is 26.8 Å². The fourth-order valence-electron chi connectivity index (χ4n) is 2.64. The molecule has 2 rings (SSSR count). The molecule has 6 heteroatoms. The van der Waals surface area contributed by atoms with E-state index in [9.17, 15) is 4.79 Å². The Bertz CT molecular complexity index is 526. The molecule has 1 aromatic heterocycles. The summed E-state index contributed by atoms with van der Waals surface area (Å²) in [6.07, 6.45) is 2.94. The van der Waals surface area contributed by atoms with Gasteiger partial charge < -0.3 is 4.90 Å². The van der Waals surface area contributed by atoms with Gasteiger partial charge >= 0.3 is 0 Å². The molecule has 1 aliphatic rings. The zero-order chi connectivity index (χ0) is 15.4. The van der Waals surface area contributed by atoms with E-state index in [0.717, 1.165) is 55.0 Å². The van der Waals surface area contributed by atoms with Gasteiger partial charge in [-0.05, 0) is 36.2 Å². The van der Waals surface area contributed by atoms with Crippen molar-refractivity contribution in [2.75, 3.05) is 32.7 Å². The van der Waals surface area contributed by atoms with Crippen LogP contribution < -0.4 is 0 Å². The van der Waals surface area contributed by atoms with Gasteiger partial charge in [0.2, 0.25) is 5.91 Å². The van der Waals surface area contributed by atoms with E-state index in [1.165, 1.54) is 0 Å². The van der Waals surface area contributed by atoms with E-state index in [4.69, 9.17) is 0 Å². The van der Waals surface area contributed by atoms with Gasteiger partial charge in [-0.1, -0.05) is 6.08 Å². The SMILES string of the molecule is C=CCN1CCCN(C(=O)Cn2nc(C)c(Br)c2C)CC1. The number of rotatable bonds is 4. The minimum atomic E-state index is 0.147. The first-order valence-electron chi connectivity index (χ1n) is 7.33. The molecule has 21 heavy (non-hydrogen) atoms. The summed E-state index contributed by atoms with van der Waals surface area (Å²) in [4.78, 5) is 16.8. The summed E-state index contributed by atoms with van der Waals surface area (Å²) < 4.78 is 2.78. The molecule has 0 radical (unpaired) electrons. The summed E-state index contributed by atoms with van der Waals surface area (Å²) in [6.45, 7) is 12.5. The van der Waals surface area contributed by atoms with Gasteiger partial charge in [0.1, 0.15) is 6.54 Å². The highest BCUT2D eigenvalue weighted by molar-refractivity contribution is 9.10. The minimum Gasteiger partial charge on any atom is -0.340 e. The second-order valence-electron chi connectivity index (χ2n) is 5.47. The van der Waals surface area contributed by atoms with Crippen LogP contribution in [-0.2, 0) is 11.3 Å². The van der Waals surface area contributed by atoms with Crippen molar-refractivity contribution in [3.8, 4) is 0 Å². The average Bonchev–Trinajstić information content (AvgIpc) is 2.65. The number of hydrogen-bond donors (Lipinski definition) is 0. The van der Waals surface area contributed by atoms with Crippen molar-refractivity contribution >= 4 is 21.8 Å². The summed E-state index contributed by atoms with van der Waals surface area (Å²) >= 11 is 3.50. The average molecular weight is 355 g/mol. The maximum atomic E-state index is 12.5. The van der Waals surface area contributed by atoms with Crippen molar-refractivity contribution in [1.82, 2.24) is 19.6 Å². The first kappa shape index (κ1) is 16.2. The van der Waals surface area contributed by atoms with Gasteiger partial charge in [0.25, 0.3) is 0 Å².